The molecular weight excluding hydrogens is 1000 g/mol. The third kappa shape index (κ3) is 11.0. The second kappa shape index (κ2) is 21.1. The number of rotatable bonds is 16. The van der Waals surface area contributed by atoms with E-state index in [1.165, 1.54) is 29.5 Å². The molecule has 4 aromatic carbocycles. The van der Waals surface area contributed by atoms with Crippen LogP contribution in [-0.4, -0.2) is 115 Å². The number of fused-ring (bicyclic) bond motifs is 2. The molecule has 2 aliphatic carbocycles. The molecule has 2 saturated carbocycles. The molecule has 1 spiro atoms. The number of anilines is 2. The number of nitro benzene ring substituents is 1. The number of hydrogen-bond acceptors (Lipinski definition) is 15. The van der Waals surface area contributed by atoms with E-state index in [9.17, 15) is 28.4 Å². The minimum absolute atomic E-state index is 0.0416. The fourth-order valence-corrected chi connectivity index (χ4v) is 13.3. The van der Waals surface area contributed by atoms with Crippen LogP contribution in [0.1, 0.15) is 105 Å². The first-order valence-electron chi connectivity index (χ1n) is 26.9. The average Bonchev–Trinajstić information content (AvgIpc) is 3.77. The number of ether oxygens (including phenoxy) is 4. The second-order valence-electron chi connectivity index (χ2n) is 22.4. The van der Waals surface area contributed by atoms with Crippen LogP contribution in [0.25, 0.3) is 11.0 Å². The lowest BCUT2D eigenvalue weighted by atomic mass is 9.59. The lowest BCUT2D eigenvalue weighted by Gasteiger charge is -2.63. The highest BCUT2D eigenvalue weighted by Gasteiger charge is 2.55. The van der Waals surface area contributed by atoms with Crippen LogP contribution in [0.2, 0.25) is 0 Å². The van der Waals surface area contributed by atoms with E-state index in [0.29, 0.717) is 67.5 Å². The van der Waals surface area contributed by atoms with Gasteiger partial charge in [-0.15, -0.1) is 0 Å². The van der Waals surface area contributed by atoms with Gasteiger partial charge in [0.1, 0.15) is 22.8 Å². The van der Waals surface area contributed by atoms with E-state index in [4.69, 9.17) is 18.9 Å². The Hall–Kier alpha value is -6.93. The van der Waals surface area contributed by atoms with Crippen molar-refractivity contribution in [2.75, 3.05) is 69.8 Å². The molecule has 77 heavy (non-hydrogen) atoms. The monoisotopic (exact) mass is 1070 g/mol. The van der Waals surface area contributed by atoms with E-state index in [-0.39, 0.29) is 34.4 Å². The molecule has 4 N–H and O–H groups in total. The summed E-state index contributed by atoms with van der Waals surface area (Å²) in [5.41, 5.74) is 4.44. The van der Waals surface area contributed by atoms with Gasteiger partial charge in [0.15, 0.2) is 11.5 Å². The van der Waals surface area contributed by atoms with Crippen LogP contribution in [0.4, 0.5) is 17.1 Å². The zero-order valence-corrected chi connectivity index (χ0v) is 44.9. The Kier molecular flexibility index (Phi) is 14.3. The number of nitrogens with one attached hydrogen (secondary N) is 3. The first-order valence-corrected chi connectivity index (χ1v) is 28.4. The third-order valence-corrected chi connectivity index (χ3v) is 17.8. The maximum absolute atomic E-state index is 14.1. The van der Waals surface area contributed by atoms with Gasteiger partial charge in [-0.1, -0.05) is 38.1 Å². The Morgan fingerprint density at radius 1 is 0.987 bits per heavy atom. The molecule has 0 unspecified atom stereocenters. The first-order chi connectivity index (χ1) is 37.0. The molecule has 1 amide bonds. The van der Waals surface area contributed by atoms with Crippen molar-refractivity contribution < 1.29 is 42.2 Å². The smallest absolute Gasteiger partial charge is 0.293 e. The molecule has 0 radical (unpaired) electrons. The van der Waals surface area contributed by atoms with Gasteiger partial charge in [0.25, 0.3) is 21.6 Å². The number of aromatic amines is 1. The van der Waals surface area contributed by atoms with Crippen molar-refractivity contribution in [3.05, 3.63) is 130 Å². The number of benzene rings is 4. The minimum Gasteiger partial charge on any atom is -0.493 e. The van der Waals surface area contributed by atoms with Gasteiger partial charge in [0.05, 0.1) is 47.5 Å². The summed E-state index contributed by atoms with van der Waals surface area (Å²) < 4.78 is 54.2. The number of methoxy groups -OCH3 is 1. The van der Waals surface area contributed by atoms with Gasteiger partial charge in [-0.05, 0) is 123 Å². The molecule has 406 valence electrons. The number of nitrogens with zero attached hydrogens (tertiary/aromatic N) is 5. The summed E-state index contributed by atoms with van der Waals surface area (Å²) >= 11 is 0. The number of nitro groups is 1. The molecule has 0 bridgehead atoms. The van der Waals surface area contributed by atoms with Gasteiger partial charge in [0, 0.05) is 99.1 Å². The number of carbonyl (C=O) groups is 1. The maximum Gasteiger partial charge on any atom is 0.293 e. The molecule has 5 aliphatic rings. The van der Waals surface area contributed by atoms with Crippen molar-refractivity contribution in [2.45, 2.75) is 101 Å². The predicted octanol–water partition coefficient (Wildman–Crippen LogP) is 9.56. The van der Waals surface area contributed by atoms with E-state index >= 15 is 0 Å². The zero-order valence-electron chi connectivity index (χ0n) is 44.1. The number of aromatic nitrogens is 2. The van der Waals surface area contributed by atoms with E-state index in [2.05, 4.69) is 85.0 Å². The van der Waals surface area contributed by atoms with E-state index in [1.54, 1.807) is 37.6 Å². The van der Waals surface area contributed by atoms with Crippen LogP contribution >= 0.6 is 0 Å². The van der Waals surface area contributed by atoms with E-state index in [0.717, 1.165) is 99.8 Å². The van der Waals surface area contributed by atoms with E-state index in [1.807, 2.05) is 13.0 Å². The molecule has 6 aromatic rings. The molecule has 18 nitrogen and oxygen atoms in total. The second-order valence-corrected chi connectivity index (χ2v) is 24.1. The topological polar surface area (TPSA) is 214 Å². The fourth-order valence-electron chi connectivity index (χ4n) is 12.3. The summed E-state index contributed by atoms with van der Waals surface area (Å²) in [6.45, 7) is 13.1. The largest absolute Gasteiger partial charge is 0.493 e. The lowest BCUT2D eigenvalue weighted by Crippen LogP contribution is -2.68. The Morgan fingerprint density at radius 3 is 2.56 bits per heavy atom. The minimum atomic E-state index is -4.60. The van der Waals surface area contributed by atoms with Gasteiger partial charge >= 0.3 is 0 Å². The van der Waals surface area contributed by atoms with Crippen molar-refractivity contribution in [2.24, 2.45) is 11.3 Å². The van der Waals surface area contributed by atoms with Gasteiger partial charge in [-0.25, -0.2) is 18.1 Å². The Bertz CT molecular complexity index is 3290. The molecule has 19 heteroatoms. The van der Waals surface area contributed by atoms with Crippen LogP contribution in [0.15, 0.2) is 102 Å². The molecular formula is C58H68N8O10S. The number of amides is 1. The highest BCUT2D eigenvalue weighted by atomic mass is 32.2. The van der Waals surface area contributed by atoms with Crippen LogP contribution in [0, 0.1) is 21.4 Å². The van der Waals surface area contributed by atoms with Gasteiger partial charge in [0.2, 0.25) is 5.75 Å². The van der Waals surface area contributed by atoms with Crippen molar-refractivity contribution in [3.63, 3.8) is 0 Å². The number of pyridine rings is 1. The summed E-state index contributed by atoms with van der Waals surface area (Å²) in [6.07, 6.45) is 8.99. The number of aliphatic hydroxyl groups is 1. The molecule has 4 fully saturated rings. The molecule has 11 rings (SSSR count). The van der Waals surface area contributed by atoms with Crippen LogP contribution in [-0.2, 0) is 16.6 Å². The van der Waals surface area contributed by atoms with Gasteiger partial charge in [-0.3, -0.25) is 24.7 Å². The quantitative estimate of drug-likeness (QED) is 0.0525. The molecule has 2 saturated heterocycles. The van der Waals surface area contributed by atoms with Gasteiger partial charge < -0.3 is 39.3 Å². The van der Waals surface area contributed by atoms with Crippen molar-refractivity contribution >= 4 is 44.0 Å². The van der Waals surface area contributed by atoms with Crippen LogP contribution in [0.3, 0.4) is 0 Å². The summed E-state index contributed by atoms with van der Waals surface area (Å²) in [6, 6.07) is 26.0. The Balaban J connectivity index is 0.788. The lowest BCUT2D eigenvalue weighted by molar-refractivity contribution is -0.384. The predicted molar refractivity (Wildman–Crippen MR) is 293 cm³/mol. The maximum atomic E-state index is 14.1. The molecule has 2 aromatic heterocycles. The Morgan fingerprint density at radius 2 is 1.78 bits per heavy atom. The summed E-state index contributed by atoms with van der Waals surface area (Å²) in [5, 5.41) is 26.5. The van der Waals surface area contributed by atoms with Crippen LogP contribution in [0.5, 0.6) is 28.7 Å². The SMILES string of the molecule is COc1cc(CN2CCN(C3CC4(C3)CN(c3ccc(C(=O)NS(=O)(=O)c5ccc(NC[C@H]6CC[C@](C)(O)CC6)c([N+](=O)[O-])c5)c(Oc5cnc6[nH]ccc6c5)c3)C4)[C@H](c3ccccc3C(C)C)C2)cc2c1OCCCO2. The third-order valence-electron chi connectivity index (χ3n) is 16.5. The Labute approximate surface area is 449 Å². The van der Waals surface area contributed by atoms with Crippen molar-refractivity contribution in [1.29, 1.82) is 0 Å². The number of sulfonamides is 1. The molecule has 1 atom stereocenters. The number of piperazine rings is 1. The fraction of sp³-hybridized carbons (Fsp3) is 0.448. The van der Waals surface area contributed by atoms with Crippen molar-refractivity contribution in [3.8, 4) is 28.7 Å². The summed E-state index contributed by atoms with van der Waals surface area (Å²) in [5.74, 6) is 2.19. The summed E-state index contributed by atoms with van der Waals surface area (Å²) in [7, 11) is -2.92. The first kappa shape index (κ1) is 52.1. The average molecular weight is 1070 g/mol. The van der Waals surface area contributed by atoms with Crippen LogP contribution < -0.4 is 33.9 Å². The number of carbonyl (C=O) groups excluding carboxylic acids is 1. The standard InChI is InChI=1S/C58H68N8O10S/c1-37(2)45-8-5-6-9-46(45)50-34-63(33-39-24-52(73-4)54-53(25-39)74-22-7-23-75-54)20-21-65(50)42-29-58(30-42)35-64(36-58)41-10-12-47(51(27-41)76-43-26-40-16-19-59-55(40)61-32-43)56(67)62-77(71,72)44-11-13-48(49(28-44)66(69)70)60-31-38-14-17-57(3,68)18-15-38/h5-6,8-13,16,19,24-28,32,37-38,42,50,60,68H,7,14-15,17-18,20-23,29-31,33-36H2,1-4H3,(H,59,61)(H,62,67)/t38-,50-,57-/m0/s1. The molecule has 3 aliphatic heterocycles. The van der Waals surface area contributed by atoms with E-state index < -0.39 is 37.0 Å². The highest BCUT2D eigenvalue weighted by molar-refractivity contribution is 7.90. The van der Waals surface area contributed by atoms with Crippen molar-refractivity contribution in [1.82, 2.24) is 24.5 Å². The number of hydrogen-bond donors (Lipinski definition) is 4. The zero-order chi connectivity index (χ0) is 53.6. The highest BCUT2D eigenvalue weighted by Crippen LogP contribution is 2.54. The summed E-state index contributed by atoms with van der Waals surface area (Å²) in [4.78, 5) is 40.4. The van der Waals surface area contributed by atoms with Gasteiger partial charge in [-0.2, -0.15) is 0 Å². The molecule has 5 heterocycles. The number of H-pyrrole nitrogens is 1. The normalized spacial score (nSPS) is 21.8.